The predicted molar refractivity (Wildman–Crippen MR) is 90.6 cm³/mol. The van der Waals surface area contributed by atoms with Gasteiger partial charge in [-0.15, -0.1) is 0 Å². The number of halogens is 2. The van der Waals surface area contributed by atoms with Crippen LogP contribution in [-0.2, 0) is 6.42 Å². The first-order valence-electron chi connectivity index (χ1n) is 5.91. The largest absolute Gasteiger partial charge is 0.324 e. The quantitative estimate of drug-likeness (QED) is 0.434. The molecule has 0 radical (unpaired) electrons. The molecular formula is C14H12BrIN2O2. The Kier molecular flexibility index (Phi) is 5.11. The molecule has 1 atom stereocenters. The molecule has 0 aliphatic rings. The van der Waals surface area contributed by atoms with E-state index in [0.29, 0.717) is 6.42 Å². The highest BCUT2D eigenvalue weighted by atomic mass is 127. The van der Waals surface area contributed by atoms with E-state index >= 15 is 0 Å². The van der Waals surface area contributed by atoms with Gasteiger partial charge in [0.15, 0.2) is 0 Å². The molecule has 2 rings (SSSR count). The zero-order valence-corrected chi connectivity index (χ0v) is 14.2. The van der Waals surface area contributed by atoms with Gasteiger partial charge in [0, 0.05) is 26.2 Å². The van der Waals surface area contributed by atoms with Gasteiger partial charge in [-0.05, 0) is 58.3 Å². The Labute approximate surface area is 138 Å². The summed E-state index contributed by atoms with van der Waals surface area (Å²) in [6.07, 6.45) is 0.643. The normalized spacial score (nSPS) is 12.2. The molecular weight excluding hydrogens is 435 g/mol. The summed E-state index contributed by atoms with van der Waals surface area (Å²) in [5.41, 5.74) is 8.38. The molecule has 1 unspecified atom stereocenters. The van der Waals surface area contributed by atoms with Gasteiger partial charge in [-0.2, -0.15) is 0 Å². The van der Waals surface area contributed by atoms with E-state index in [2.05, 4.69) is 38.5 Å². The van der Waals surface area contributed by atoms with Crippen LogP contribution in [0, 0.1) is 13.7 Å². The second-order valence-electron chi connectivity index (χ2n) is 4.40. The third kappa shape index (κ3) is 3.77. The predicted octanol–water partition coefficient (Wildman–Crippen LogP) is 4.20. The highest BCUT2D eigenvalue weighted by Crippen LogP contribution is 2.25. The van der Waals surface area contributed by atoms with E-state index in [1.165, 1.54) is 12.1 Å². The maximum absolute atomic E-state index is 10.6. The van der Waals surface area contributed by atoms with Crippen molar-refractivity contribution in [2.75, 3.05) is 0 Å². The van der Waals surface area contributed by atoms with Gasteiger partial charge in [0.2, 0.25) is 0 Å². The molecule has 0 aromatic heterocycles. The van der Waals surface area contributed by atoms with E-state index in [1.54, 1.807) is 12.1 Å². The van der Waals surface area contributed by atoms with Gasteiger partial charge in [-0.25, -0.2) is 0 Å². The Morgan fingerprint density at radius 1 is 1.25 bits per heavy atom. The summed E-state index contributed by atoms with van der Waals surface area (Å²) in [6, 6.07) is 12.4. The van der Waals surface area contributed by atoms with Crippen molar-refractivity contribution in [2.45, 2.75) is 12.5 Å². The molecule has 0 heterocycles. The lowest BCUT2D eigenvalue weighted by molar-refractivity contribution is -0.384. The fraction of sp³-hybridized carbons (Fsp3) is 0.143. The van der Waals surface area contributed by atoms with Gasteiger partial charge in [0.1, 0.15) is 0 Å². The molecule has 0 fully saturated rings. The Balaban J connectivity index is 2.16. The molecule has 20 heavy (non-hydrogen) atoms. The van der Waals surface area contributed by atoms with E-state index < -0.39 is 4.92 Å². The lowest BCUT2D eigenvalue weighted by Crippen LogP contribution is -2.14. The number of hydrogen-bond donors (Lipinski definition) is 1. The topological polar surface area (TPSA) is 69.2 Å². The van der Waals surface area contributed by atoms with Crippen molar-refractivity contribution in [2.24, 2.45) is 5.73 Å². The summed E-state index contributed by atoms with van der Waals surface area (Å²) in [5.74, 6) is 0. The minimum Gasteiger partial charge on any atom is -0.324 e. The Morgan fingerprint density at radius 3 is 2.50 bits per heavy atom. The summed E-state index contributed by atoms with van der Waals surface area (Å²) in [6.45, 7) is 0. The molecule has 0 saturated carbocycles. The number of nitro benzene ring substituents is 1. The molecule has 2 aromatic rings. The van der Waals surface area contributed by atoms with Crippen molar-refractivity contribution in [1.29, 1.82) is 0 Å². The first-order valence-corrected chi connectivity index (χ1v) is 7.78. The second kappa shape index (κ2) is 6.64. The first-order chi connectivity index (χ1) is 9.47. The summed E-state index contributed by atoms with van der Waals surface area (Å²) in [5, 5.41) is 10.6. The van der Waals surface area contributed by atoms with Crippen molar-refractivity contribution in [1.82, 2.24) is 0 Å². The molecule has 0 saturated heterocycles. The van der Waals surface area contributed by atoms with Crippen LogP contribution in [0.1, 0.15) is 17.2 Å². The van der Waals surface area contributed by atoms with Crippen LogP contribution in [0.25, 0.3) is 0 Å². The van der Waals surface area contributed by atoms with Crippen molar-refractivity contribution in [3.05, 3.63) is 71.7 Å². The highest BCUT2D eigenvalue weighted by Gasteiger charge is 2.12. The van der Waals surface area contributed by atoms with Gasteiger partial charge < -0.3 is 5.73 Å². The van der Waals surface area contributed by atoms with Crippen LogP contribution in [0.15, 0.2) is 46.9 Å². The number of nitrogens with zero attached hydrogens (tertiary/aromatic N) is 1. The van der Waals surface area contributed by atoms with Gasteiger partial charge in [0.25, 0.3) is 5.69 Å². The van der Waals surface area contributed by atoms with E-state index in [4.69, 9.17) is 5.73 Å². The number of nitrogens with two attached hydrogens (primary N) is 1. The van der Waals surface area contributed by atoms with E-state index in [1.807, 2.05) is 18.2 Å². The maximum Gasteiger partial charge on any atom is 0.269 e. The Hall–Kier alpha value is -0.990. The summed E-state index contributed by atoms with van der Waals surface area (Å²) < 4.78 is 2.10. The maximum atomic E-state index is 10.6. The fourth-order valence-corrected chi connectivity index (χ4v) is 3.03. The van der Waals surface area contributed by atoms with Crippen LogP contribution in [0.5, 0.6) is 0 Å². The second-order valence-corrected chi connectivity index (χ2v) is 6.48. The third-order valence-electron chi connectivity index (χ3n) is 2.96. The van der Waals surface area contributed by atoms with Crippen molar-refractivity contribution in [3.8, 4) is 0 Å². The fourth-order valence-electron chi connectivity index (χ4n) is 1.92. The average molecular weight is 447 g/mol. The first kappa shape index (κ1) is 15.4. The van der Waals surface area contributed by atoms with Crippen LogP contribution in [-0.4, -0.2) is 4.92 Å². The van der Waals surface area contributed by atoms with Crippen molar-refractivity contribution in [3.63, 3.8) is 0 Å². The number of benzene rings is 2. The van der Waals surface area contributed by atoms with Crippen LogP contribution in [0.2, 0.25) is 0 Å². The molecule has 4 nitrogen and oxygen atoms in total. The SMILES string of the molecule is NC(Cc1ccc([N+](=O)[O-])cc1)c1cc(Br)ccc1I. The Morgan fingerprint density at radius 2 is 1.90 bits per heavy atom. The summed E-state index contributed by atoms with van der Waals surface area (Å²) in [7, 11) is 0. The molecule has 2 N–H and O–H groups in total. The lowest BCUT2D eigenvalue weighted by atomic mass is 10.00. The third-order valence-corrected chi connectivity index (χ3v) is 4.44. The lowest BCUT2D eigenvalue weighted by Gasteiger charge is -2.14. The number of non-ortho nitro benzene ring substituents is 1. The zero-order chi connectivity index (χ0) is 14.7. The summed E-state index contributed by atoms with van der Waals surface area (Å²) >= 11 is 5.70. The van der Waals surface area contributed by atoms with Gasteiger partial charge in [-0.3, -0.25) is 10.1 Å². The van der Waals surface area contributed by atoms with E-state index in [-0.39, 0.29) is 11.7 Å². The molecule has 104 valence electrons. The Bertz CT molecular complexity index is 632. The van der Waals surface area contributed by atoms with E-state index in [9.17, 15) is 10.1 Å². The average Bonchev–Trinajstić information content (AvgIpc) is 2.42. The van der Waals surface area contributed by atoms with E-state index in [0.717, 1.165) is 19.2 Å². The standard InChI is InChI=1S/C14H12BrIN2O2/c15-10-3-6-13(16)12(8-10)14(17)7-9-1-4-11(5-2-9)18(19)20/h1-6,8,14H,7,17H2. The molecule has 0 aliphatic carbocycles. The van der Waals surface area contributed by atoms with Crippen LogP contribution in [0.4, 0.5) is 5.69 Å². The monoisotopic (exact) mass is 446 g/mol. The molecule has 0 bridgehead atoms. The number of hydrogen-bond acceptors (Lipinski definition) is 3. The number of rotatable bonds is 4. The molecule has 0 aliphatic heterocycles. The van der Waals surface area contributed by atoms with Crippen LogP contribution in [0.3, 0.4) is 0 Å². The van der Waals surface area contributed by atoms with Gasteiger partial charge >= 0.3 is 0 Å². The van der Waals surface area contributed by atoms with Gasteiger partial charge in [-0.1, -0.05) is 28.1 Å². The molecule has 6 heteroatoms. The highest BCUT2D eigenvalue weighted by molar-refractivity contribution is 14.1. The smallest absolute Gasteiger partial charge is 0.269 e. The zero-order valence-electron chi connectivity index (χ0n) is 10.4. The van der Waals surface area contributed by atoms with Gasteiger partial charge in [0.05, 0.1) is 4.92 Å². The van der Waals surface area contributed by atoms with Crippen molar-refractivity contribution >= 4 is 44.2 Å². The van der Waals surface area contributed by atoms with Crippen LogP contribution < -0.4 is 5.73 Å². The van der Waals surface area contributed by atoms with Crippen LogP contribution >= 0.6 is 38.5 Å². The molecule has 0 amide bonds. The minimum atomic E-state index is -0.402. The molecule has 2 aromatic carbocycles. The summed E-state index contributed by atoms with van der Waals surface area (Å²) in [4.78, 5) is 10.2. The number of nitro groups is 1. The van der Waals surface area contributed by atoms with Crippen molar-refractivity contribution < 1.29 is 4.92 Å². The molecule has 0 spiro atoms. The minimum absolute atomic E-state index is 0.0966.